The number of fused-ring (bicyclic) bond motifs is 4. The molecule has 0 amide bonds. The van der Waals surface area contributed by atoms with Gasteiger partial charge in [-0.25, -0.2) is 24.9 Å². The molecule has 0 radical (unpaired) electrons. The van der Waals surface area contributed by atoms with Gasteiger partial charge in [0.2, 0.25) is 0 Å². The molecule has 260 valence electrons. The second-order valence-electron chi connectivity index (χ2n) is 14.4. The van der Waals surface area contributed by atoms with Gasteiger partial charge in [0.25, 0.3) is 0 Å². The molecule has 0 atom stereocenters. The van der Waals surface area contributed by atoms with E-state index in [1.165, 1.54) is 22.3 Å². The summed E-state index contributed by atoms with van der Waals surface area (Å²) in [5.74, 6) is 1.88. The number of nitrogens with zero attached hydrogens (tertiary/aromatic N) is 6. The van der Waals surface area contributed by atoms with E-state index < -0.39 is 0 Å². The maximum atomic E-state index is 5.17. The van der Waals surface area contributed by atoms with E-state index >= 15 is 0 Å². The highest BCUT2D eigenvalue weighted by Gasteiger charge is 2.35. The first-order valence-electron chi connectivity index (χ1n) is 18.5. The molecular weight excluding hydrogens is 673 g/mol. The van der Waals surface area contributed by atoms with Crippen molar-refractivity contribution < 1.29 is 0 Å². The molecule has 3 aromatic heterocycles. The van der Waals surface area contributed by atoms with Gasteiger partial charge in [-0.3, -0.25) is 4.98 Å². The molecular formula is C49H34N6. The van der Waals surface area contributed by atoms with Crippen molar-refractivity contribution in [1.29, 1.82) is 0 Å². The number of aromatic nitrogens is 6. The predicted octanol–water partition coefficient (Wildman–Crippen LogP) is 11.5. The second kappa shape index (κ2) is 13.0. The van der Waals surface area contributed by atoms with Gasteiger partial charge in [0.15, 0.2) is 17.5 Å². The molecule has 3 heterocycles. The number of hydrogen-bond donors (Lipinski definition) is 0. The molecule has 0 bridgehead atoms. The van der Waals surface area contributed by atoms with Crippen LogP contribution in [0.1, 0.15) is 25.0 Å². The average molecular weight is 707 g/mol. The normalized spacial score (nSPS) is 12.7. The van der Waals surface area contributed by atoms with E-state index in [4.69, 9.17) is 24.9 Å². The standard InChI is InChI=1S/C49H34N6/c1-49(2)39-21-10-9-20-37(39)38-25-23-36(29-40(38)49)48-54-46(32-16-7-4-8-17-32)53-47(55-48)35-19-13-18-33(28-35)34-24-26-41-43(30-34)52-45(42-22-11-12-27-50-42)44(51-41)31-14-5-3-6-15-31/h3-30H,1-2H3. The van der Waals surface area contributed by atoms with Gasteiger partial charge in [0, 0.05) is 33.9 Å². The lowest BCUT2D eigenvalue weighted by molar-refractivity contribution is 0.660. The van der Waals surface area contributed by atoms with Gasteiger partial charge in [-0.15, -0.1) is 0 Å². The summed E-state index contributed by atoms with van der Waals surface area (Å²) in [5, 5.41) is 0. The zero-order chi connectivity index (χ0) is 36.9. The molecule has 0 N–H and O–H groups in total. The van der Waals surface area contributed by atoms with Crippen molar-refractivity contribution in [2.24, 2.45) is 0 Å². The van der Waals surface area contributed by atoms with Crippen LogP contribution in [0.4, 0.5) is 0 Å². The minimum absolute atomic E-state index is 0.139. The van der Waals surface area contributed by atoms with Gasteiger partial charge in [-0.1, -0.05) is 141 Å². The third kappa shape index (κ3) is 5.76. The Morgan fingerprint density at radius 2 is 0.945 bits per heavy atom. The molecule has 1 aliphatic carbocycles. The molecule has 6 heteroatoms. The molecule has 6 nitrogen and oxygen atoms in total. The molecule has 55 heavy (non-hydrogen) atoms. The highest BCUT2D eigenvalue weighted by atomic mass is 15.0. The molecule has 1 aliphatic rings. The first-order valence-corrected chi connectivity index (χ1v) is 18.5. The van der Waals surface area contributed by atoms with Crippen LogP contribution >= 0.6 is 0 Å². The van der Waals surface area contributed by atoms with Crippen molar-refractivity contribution in [3.8, 4) is 79.1 Å². The van der Waals surface area contributed by atoms with Crippen LogP contribution in [0.15, 0.2) is 170 Å². The summed E-state index contributed by atoms with van der Waals surface area (Å²) in [5.41, 5.74) is 14.8. The van der Waals surface area contributed by atoms with E-state index in [-0.39, 0.29) is 5.41 Å². The number of hydrogen-bond acceptors (Lipinski definition) is 6. The van der Waals surface area contributed by atoms with Gasteiger partial charge < -0.3 is 0 Å². The van der Waals surface area contributed by atoms with Crippen LogP contribution in [0.3, 0.4) is 0 Å². The molecule has 0 saturated heterocycles. The molecule has 0 saturated carbocycles. The Kier molecular flexibility index (Phi) is 7.70. The summed E-state index contributed by atoms with van der Waals surface area (Å²) < 4.78 is 0. The van der Waals surface area contributed by atoms with E-state index in [9.17, 15) is 0 Å². The average Bonchev–Trinajstić information content (AvgIpc) is 3.49. The van der Waals surface area contributed by atoms with Crippen molar-refractivity contribution in [2.75, 3.05) is 0 Å². The molecule has 9 aromatic rings. The second-order valence-corrected chi connectivity index (χ2v) is 14.4. The molecule has 0 fully saturated rings. The van der Waals surface area contributed by atoms with Gasteiger partial charge >= 0.3 is 0 Å². The van der Waals surface area contributed by atoms with Gasteiger partial charge in [-0.2, -0.15) is 0 Å². The smallest absolute Gasteiger partial charge is 0.164 e. The Morgan fingerprint density at radius 3 is 1.71 bits per heavy atom. The van der Waals surface area contributed by atoms with Crippen molar-refractivity contribution in [3.63, 3.8) is 0 Å². The number of rotatable bonds is 6. The zero-order valence-electron chi connectivity index (χ0n) is 30.3. The third-order valence-corrected chi connectivity index (χ3v) is 10.6. The quantitative estimate of drug-likeness (QED) is 0.171. The van der Waals surface area contributed by atoms with Crippen LogP contribution in [0, 0.1) is 0 Å². The topological polar surface area (TPSA) is 77.3 Å². The Hall–Kier alpha value is -7.18. The van der Waals surface area contributed by atoms with E-state index in [0.29, 0.717) is 17.5 Å². The summed E-state index contributed by atoms with van der Waals surface area (Å²) in [6.07, 6.45) is 1.79. The fraction of sp³-hybridized carbons (Fsp3) is 0.0612. The summed E-state index contributed by atoms with van der Waals surface area (Å²) in [6.45, 7) is 4.59. The van der Waals surface area contributed by atoms with Crippen molar-refractivity contribution >= 4 is 11.0 Å². The summed E-state index contributed by atoms with van der Waals surface area (Å²) >= 11 is 0. The molecule has 6 aromatic carbocycles. The molecule has 0 aliphatic heterocycles. The molecule has 0 spiro atoms. The van der Waals surface area contributed by atoms with Crippen LogP contribution in [0.2, 0.25) is 0 Å². The van der Waals surface area contributed by atoms with Crippen molar-refractivity contribution in [2.45, 2.75) is 19.3 Å². The summed E-state index contributed by atoms with van der Waals surface area (Å²) in [7, 11) is 0. The van der Waals surface area contributed by atoms with E-state index in [2.05, 4.69) is 110 Å². The first-order chi connectivity index (χ1) is 27.0. The minimum Gasteiger partial charge on any atom is -0.255 e. The van der Waals surface area contributed by atoms with Crippen LogP contribution in [0.25, 0.3) is 90.1 Å². The molecule has 10 rings (SSSR count). The fourth-order valence-electron chi connectivity index (χ4n) is 7.74. The van der Waals surface area contributed by atoms with E-state index in [1.807, 2.05) is 72.8 Å². The Labute approximate surface area is 319 Å². The highest BCUT2D eigenvalue weighted by Crippen LogP contribution is 2.49. The van der Waals surface area contributed by atoms with Gasteiger partial charge in [-0.05, 0) is 69.8 Å². The summed E-state index contributed by atoms with van der Waals surface area (Å²) in [6, 6.07) is 56.1. The lowest BCUT2D eigenvalue weighted by Gasteiger charge is -2.21. The lowest BCUT2D eigenvalue weighted by Crippen LogP contribution is -2.15. The van der Waals surface area contributed by atoms with Gasteiger partial charge in [0.1, 0.15) is 5.69 Å². The maximum absolute atomic E-state index is 5.17. The fourth-order valence-corrected chi connectivity index (χ4v) is 7.74. The maximum Gasteiger partial charge on any atom is 0.164 e. The Balaban J connectivity index is 1.08. The third-order valence-electron chi connectivity index (χ3n) is 10.6. The van der Waals surface area contributed by atoms with Crippen molar-refractivity contribution in [1.82, 2.24) is 29.9 Å². The predicted molar refractivity (Wildman–Crippen MR) is 221 cm³/mol. The van der Waals surface area contributed by atoms with Crippen LogP contribution in [-0.2, 0) is 5.41 Å². The monoisotopic (exact) mass is 706 g/mol. The van der Waals surface area contributed by atoms with Gasteiger partial charge in [0.05, 0.1) is 22.4 Å². The van der Waals surface area contributed by atoms with Crippen LogP contribution in [0.5, 0.6) is 0 Å². The van der Waals surface area contributed by atoms with E-state index in [1.54, 1.807) is 6.20 Å². The minimum atomic E-state index is -0.139. The Bertz CT molecular complexity index is 2890. The largest absolute Gasteiger partial charge is 0.255 e. The van der Waals surface area contributed by atoms with Crippen LogP contribution in [-0.4, -0.2) is 29.9 Å². The number of pyridine rings is 1. The Morgan fingerprint density at radius 1 is 0.364 bits per heavy atom. The molecule has 0 unspecified atom stereocenters. The lowest BCUT2D eigenvalue weighted by atomic mass is 9.82. The zero-order valence-corrected chi connectivity index (χ0v) is 30.3. The van der Waals surface area contributed by atoms with Crippen molar-refractivity contribution in [3.05, 3.63) is 181 Å². The van der Waals surface area contributed by atoms with Crippen LogP contribution < -0.4 is 0 Å². The number of benzene rings is 6. The van der Waals surface area contributed by atoms with E-state index in [0.717, 1.165) is 61.5 Å². The first kappa shape index (κ1) is 32.5. The summed E-state index contributed by atoms with van der Waals surface area (Å²) in [4.78, 5) is 30.2. The highest BCUT2D eigenvalue weighted by molar-refractivity contribution is 5.89. The SMILES string of the molecule is CC1(C)c2ccccc2-c2ccc(-c3nc(-c4ccccc4)nc(-c4cccc(-c5ccc6nc(-c7ccccc7)c(-c7ccccn7)nc6c5)c4)n3)cc21.